The molecule has 0 fully saturated rings. The van der Waals surface area contributed by atoms with E-state index in [1.54, 1.807) is 0 Å². The van der Waals surface area contributed by atoms with Gasteiger partial charge in [0.15, 0.2) is 11.2 Å². The maximum absolute atomic E-state index is 9.75. The van der Waals surface area contributed by atoms with Crippen molar-refractivity contribution in [2.45, 2.75) is 0 Å². The lowest BCUT2D eigenvalue weighted by Crippen LogP contribution is -1.90. The van der Waals surface area contributed by atoms with Crippen molar-refractivity contribution in [1.29, 1.82) is 0 Å². The predicted molar refractivity (Wildman–Crippen MR) is 175 cm³/mol. The number of hydrogen-bond donors (Lipinski definition) is 0. The molecule has 0 amide bonds. The average Bonchev–Trinajstić information content (AvgIpc) is 3.86. The van der Waals surface area contributed by atoms with Crippen LogP contribution in [0.1, 0.15) is 32.9 Å². The summed E-state index contributed by atoms with van der Waals surface area (Å²) in [7, 11) is 0. The fourth-order valence-electron chi connectivity index (χ4n) is 5.09. The van der Waals surface area contributed by atoms with E-state index in [4.69, 9.17) is 30.8 Å². The predicted octanol–water partition coefficient (Wildman–Crippen LogP) is 11.6. The zero-order valence-corrected chi connectivity index (χ0v) is 20.8. The van der Waals surface area contributed by atoms with Gasteiger partial charge in [-0.25, -0.2) is 0 Å². The van der Waals surface area contributed by atoms with E-state index in [-0.39, 0.29) is 0 Å². The molecule has 0 saturated heterocycles. The van der Waals surface area contributed by atoms with E-state index in [0.717, 1.165) is 0 Å². The summed E-state index contributed by atoms with van der Waals surface area (Å²) in [6.07, 6.45) is -0.816. The van der Waals surface area contributed by atoms with Gasteiger partial charge in [0.1, 0.15) is 6.95 Å². The number of hydrogen-bond acceptors (Lipinski definition) is 2. The zero-order chi connectivity index (χ0) is 48.5. The van der Waals surface area contributed by atoms with Crippen LogP contribution in [0.25, 0.3) is 87.8 Å². The highest BCUT2D eigenvalue weighted by molar-refractivity contribution is 6.22. The van der Waals surface area contributed by atoms with Crippen LogP contribution in [0, 0.1) is 0 Å². The highest BCUT2D eigenvalue weighted by Crippen LogP contribution is 2.45. The van der Waals surface area contributed by atoms with Gasteiger partial charge < -0.3 is 8.83 Å². The minimum atomic E-state index is -0.923. The van der Waals surface area contributed by atoms with Crippen LogP contribution in [0.15, 0.2) is 154 Å². The first kappa shape index (κ1) is 9.75. The lowest BCUT2D eigenvalue weighted by atomic mass is 9.86. The molecular formula is C40H24O2. The first-order chi connectivity index (χ1) is 30.8. The summed E-state index contributed by atoms with van der Waals surface area (Å²) >= 11 is 0. The van der Waals surface area contributed by atoms with Gasteiger partial charge in [-0.1, -0.05) is 115 Å². The Balaban J connectivity index is 1.54. The van der Waals surface area contributed by atoms with Crippen LogP contribution in [0.4, 0.5) is 0 Å². The molecule has 0 aliphatic heterocycles. The van der Waals surface area contributed by atoms with E-state index < -0.39 is 233 Å². The molecule has 9 aromatic rings. The first-order valence-electron chi connectivity index (χ1n) is 24.3. The highest BCUT2D eigenvalue weighted by Gasteiger charge is 2.19. The van der Waals surface area contributed by atoms with Crippen LogP contribution in [-0.2, 0) is 0 Å². The quantitative estimate of drug-likeness (QED) is 0.201. The summed E-state index contributed by atoms with van der Waals surface area (Å²) in [5.41, 5.74) is -5.22. The Bertz CT molecular complexity index is 3670. The molecule has 2 aromatic heterocycles. The Morgan fingerprint density at radius 3 is 1.60 bits per heavy atom. The van der Waals surface area contributed by atoms with Crippen molar-refractivity contribution in [3.05, 3.63) is 145 Å². The molecule has 0 spiro atoms. The monoisotopic (exact) mass is 560 g/mol. The molecular weight excluding hydrogens is 512 g/mol. The molecule has 0 radical (unpaired) electrons. The molecule has 0 aliphatic carbocycles. The van der Waals surface area contributed by atoms with Crippen molar-refractivity contribution in [1.82, 2.24) is 0 Å². The van der Waals surface area contributed by atoms with Crippen molar-refractivity contribution < 1.29 is 41.7 Å². The Kier molecular flexibility index (Phi) is 2.08. The molecule has 7 aromatic carbocycles. The van der Waals surface area contributed by atoms with Crippen LogP contribution in [-0.4, -0.2) is 0 Å². The summed E-state index contributed by atoms with van der Waals surface area (Å²) in [5.74, 6) is 0. The first-order valence-corrected chi connectivity index (χ1v) is 12.3. The molecule has 0 saturated carbocycles. The maximum atomic E-state index is 9.75. The van der Waals surface area contributed by atoms with Crippen LogP contribution in [0.3, 0.4) is 0 Å². The van der Waals surface area contributed by atoms with Gasteiger partial charge in [0, 0.05) is 21.7 Å². The van der Waals surface area contributed by atoms with E-state index in [9.17, 15) is 11.0 Å². The Labute approximate surface area is 275 Å². The minimum Gasteiger partial charge on any atom is -0.460 e. The van der Waals surface area contributed by atoms with Crippen LogP contribution in [0.5, 0.6) is 0 Å². The normalized spacial score (nSPS) is 19.8. The SMILES string of the molecule is [2H]c1oc2c(c([2H])c([2H])c3c2oc2c([2H])c([2H])c(-c4c5c([2H])c([2H])c([2H])c([2H])c5c(-c5c([2H])c([2H])c([2H])c([2H])c5[2H])c5c([2H])c([2H])c([2H])c([2H])c45)c([2H])c23)c1-c1c([2H])c([2H])c([2H])c([2H])c1[2H]. The largest absolute Gasteiger partial charge is 0.460 e. The van der Waals surface area contributed by atoms with Gasteiger partial charge in [-0.2, -0.15) is 0 Å². The molecule has 2 nitrogen and oxygen atoms in total. The molecule has 0 aliphatic rings. The van der Waals surface area contributed by atoms with Gasteiger partial charge in [0.2, 0.25) is 0 Å². The van der Waals surface area contributed by atoms with Crippen molar-refractivity contribution >= 4 is 54.5 Å². The summed E-state index contributed by atoms with van der Waals surface area (Å²) in [6, 6.07) is -19.7. The van der Waals surface area contributed by atoms with Crippen molar-refractivity contribution in [3.8, 4) is 33.4 Å². The van der Waals surface area contributed by atoms with Crippen molar-refractivity contribution in [3.63, 3.8) is 0 Å². The third-order valence-corrected chi connectivity index (χ3v) is 6.84. The van der Waals surface area contributed by atoms with Crippen molar-refractivity contribution in [2.24, 2.45) is 0 Å². The number of furan rings is 2. The fraction of sp³-hybridized carbons (Fsp3) is 0. The maximum Gasteiger partial charge on any atom is 0.178 e. The van der Waals surface area contributed by atoms with Crippen LogP contribution in [0.2, 0.25) is 0 Å². The lowest BCUT2D eigenvalue weighted by Gasteiger charge is -2.17. The van der Waals surface area contributed by atoms with E-state index in [0.29, 0.717) is 0 Å². The second kappa shape index (κ2) is 8.95. The van der Waals surface area contributed by atoms with Crippen LogP contribution >= 0.6 is 0 Å². The van der Waals surface area contributed by atoms with Gasteiger partial charge in [0.25, 0.3) is 0 Å². The zero-order valence-electron chi connectivity index (χ0n) is 44.8. The highest BCUT2D eigenvalue weighted by atomic mass is 16.4. The van der Waals surface area contributed by atoms with Crippen LogP contribution < -0.4 is 0 Å². The molecule has 9 rings (SSSR count). The van der Waals surface area contributed by atoms with Crippen molar-refractivity contribution in [2.75, 3.05) is 0 Å². The Morgan fingerprint density at radius 1 is 0.405 bits per heavy atom. The van der Waals surface area contributed by atoms with Gasteiger partial charge in [-0.15, -0.1) is 0 Å². The summed E-state index contributed by atoms with van der Waals surface area (Å²) in [6.45, 7) is 0. The van der Waals surface area contributed by atoms with Gasteiger partial charge in [-0.05, 0) is 73.5 Å². The van der Waals surface area contributed by atoms with Gasteiger partial charge in [0.05, 0.1) is 37.8 Å². The van der Waals surface area contributed by atoms with E-state index in [1.165, 1.54) is 0 Å². The summed E-state index contributed by atoms with van der Waals surface area (Å²) < 4.78 is 223. The third-order valence-electron chi connectivity index (χ3n) is 6.84. The molecule has 196 valence electrons. The molecule has 0 N–H and O–H groups in total. The summed E-state index contributed by atoms with van der Waals surface area (Å²) in [4.78, 5) is 0. The molecule has 2 heterocycles. The Morgan fingerprint density at radius 2 is 0.952 bits per heavy atom. The van der Waals surface area contributed by atoms with E-state index in [1.807, 2.05) is 0 Å². The smallest absolute Gasteiger partial charge is 0.178 e. The average molecular weight is 561 g/mol. The van der Waals surface area contributed by atoms with Gasteiger partial charge >= 0.3 is 0 Å². The standard InChI is InChI=1S/C40H24O2/c1-3-11-25(12-4-1)35-24-41-39-33(35)21-20-32-34-23-27(19-22-36(34)42-40(32)39)38-30-17-9-7-15-28(30)37(26-13-5-2-6-14-26)29-16-8-10-18-31(29)38/h1-24H/i1D,2D,3D,4D,5D,6D,7D,8D,9D,10D,11D,12D,13D,14D,15D,16D,17D,18D,19D,20D,21D,22D,23D,24D. The van der Waals surface area contributed by atoms with E-state index in [2.05, 4.69) is 0 Å². The number of fused-ring (bicyclic) bond motifs is 7. The van der Waals surface area contributed by atoms with Gasteiger partial charge in [-0.3, -0.25) is 0 Å². The fourth-order valence-corrected chi connectivity index (χ4v) is 5.09. The third kappa shape index (κ3) is 3.33. The lowest BCUT2D eigenvalue weighted by molar-refractivity contribution is 0.600. The topological polar surface area (TPSA) is 26.3 Å². The molecule has 0 bridgehead atoms. The Hall–Kier alpha value is -5.60. The molecule has 0 atom stereocenters. The molecule has 42 heavy (non-hydrogen) atoms. The van der Waals surface area contributed by atoms with E-state index >= 15 is 0 Å². The summed E-state index contributed by atoms with van der Waals surface area (Å²) in [5, 5.41) is -3.88. The minimum absolute atomic E-state index is 0.410. The number of rotatable bonds is 3. The number of benzene rings is 7. The second-order valence-electron chi connectivity index (χ2n) is 9.04. The molecule has 0 unspecified atom stereocenters. The molecule has 2 heteroatoms. The second-order valence-corrected chi connectivity index (χ2v) is 9.04.